The minimum atomic E-state index is -0.258. The molecule has 0 saturated carbocycles. The van der Waals surface area contributed by atoms with Crippen molar-refractivity contribution in [1.82, 2.24) is 4.98 Å². The van der Waals surface area contributed by atoms with Crippen LogP contribution in [0.25, 0.3) is 0 Å². The van der Waals surface area contributed by atoms with Crippen LogP contribution in [0.2, 0.25) is 5.15 Å². The van der Waals surface area contributed by atoms with E-state index in [1.165, 1.54) is 7.11 Å². The van der Waals surface area contributed by atoms with Gasteiger partial charge in [0.15, 0.2) is 0 Å². The van der Waals surface area contributed by atoms with E-state index < -0.39 is 0 Å². The lowest BCUT2D eigenvalue weighted by Crippen LogP contribution is -2.04. The lowest BCUT2D eigenvalue weighted by molar-refractivity contribution is -0.139. The number of carbonyl (C=O) groups excluding carboxylic acids is 1. The number of esters is 1. The summed E-state index contributed by atoms with van der Waals surface area (Å²) in [6.45, 7) is 0.417. The van der Waals surface area contributed by atoms with Crippen LogP contribution in [0.5, 0.6) is 5.75 Å². The first-order valence-electron chi connectivity index (χ1n) is 6.06. The number of pyridine rings is 1. The summed E-state index contributed by atoms with van der Waals surface area (Å²) in [5.74, 6) is 0.472. The Labute approximate surface area is 122 Å². The highest BCUT2D eigenvalue weighted by atomic mass is 35.5. The highest BCUT2D eigenvalue weighted by Crippen LogP contribution is 2.15. The number of halogens is 1. The summed E-state index contributed by atoms with van der Waals surface area (Å²) in [6.07, 6.45) is 1.94. The van der Waals surface area contributed by atoms with E-state index in [4.69, 9.17) is 16.3 Å². The molecule has 0 spiro atoms. The minimum absolute atomic E-state index is 0.258. The van der Waals surface area contributed by atoms with Crippen molar-refractivity contribution in [2.75, 3.05) is 7.11 Å². The van der Waals surface area contributed by atoms with Crippen molar-refractivity contribution in [2.24, 2.45) is 0 Å². The maximum absolute atomic E-state index is 11.1. The van der Waals surface area contributed by atoms with Gasteiger partial charge in [0.25, 0.3) is 0 Å². The molecule has 0 N–H and O–H groups in total. The average molecular weight is 292 g/mol. The van der Waals surface area contributed by atoms with Gasteiger partial charge in [-0.25, -0.2) is 4.98 Å². The number of methoxy groups -OCH3 is 1. The van der Waals surface area contributed by atoms with Crippen LogP contribution in [0, 0.1) is 0 Å². The largest absolute Gasteiger partial charge is 0.489 e. The summed E-state index contributed by atoms with van der Waals surface area (Å²) in [7, 11) is 1.37. The zero-order valence-corrected chi connectivity index (χ0v) is 11.8. The van der Waals surface area contributed by atoms with Crippen LogP contribution < -0.4 is 4.74 Å². The van der Waals surface area contributed by atoms with E-state index in [9.17, 15) is 4.79 Å². The van der Waals surface area contributed by atoms with E-state index >= 15 is 0 Å². The second kappa shape index (κ2) is 6.91. The van der Waals surface area contributed by atoms with Crippen molar-refractivity contribution in [3.8, 4) is 5.75 Å². The van der Waals surface area contributed by atoms with E-state index in [0.29, 0.717) is 11.8 Å². The minimum Gasteiger partial charge on any atom is -0.489 e. The smallest absolute Gasteiger partial charge is 0.309 e. The lowest BCUT2D eigenvalue weighted by Gasteiger charge is -2.07. The van der Waals surface area contributed by atoms with Gasteiger partial charge in [0, 0.05) is 11.8 Å². The van der Waals surface area contributed by atoms with E-state index in [0.717, 1.165) is 16.9 Å². The molecule has 0 aliphatic heterocycles. The number of hydrogen-bond donors (Lipinski definition) is 0. The lowest BCUT2D eigenvalue weighted by atomic mass is 10.1. The van der Waals surface area contributed by atoms with Crippen LogP contribution >= 0.6 is 11.6 Å². The predicted molar refractivity (Wildman–Crippen MR) is 75.7 cm³/mol. The molecule has 0 fully saturated rings. The van der Waals surface area contributed by atoms with Gasteiger partial charge in [-0.1, -0.05) is 29.8 Å². The first-order chi connectivity index (χ1) is 9.67. The Morgan fingerprint density at radius 3 is 2.45 bits per heavy atom. The number of benzene rings is 1. The standard InChI is InChI=1S/C15H14ClNO3/c1-19-15(18)8-11-2-5-13(6-3-11)20-10-12-4-7-14(16)17-9-12/h2-7,9H,8,10H2,1H3. The maximum atomic E-state index is 11.1. The molecular formula is C15H14ClNO3. The summed E-state index contributed by atoms with van der Waals surface area (Å²) in [6, 6.07) is 10.9. The summed E-state index contributed by atoms with van der Waals surface area (Å²) in [4.78, 5) is 15.1. The van der Waals surface area contributed by atoms with E-state index in [1.54, 1.807) is 12.3 Å². The molecule has 1 aromatic carbocycles. The van der Waals surface area contributed by atoms with Crippen LogP contribution in [0.4, 0.5) is 0 Å². The van der Waals surface area contributed by atoms with Crippen molar-refractivity contribution in [3.05, 3.63) is 58.9 Å². The van der Waals surface area contributed by atoms with Crippen LogP contribution in [-0.4, -0.2) is 18.1 Å². The number of carbonyl (C=O) groups is 1. The fourth-order valence-corrected chi connectivity index (χ4v) is 1.71. The molecule has 20 heavy (non-hydrogen) atoms. The van der Waals surface area contributed by atoms with Crippen LogP contribution in [-0.2, 0) is 22.6 Å². The number of ether oxygens (including phenoxy) is 2. The van der Waals surface area contributed by atoms with E-state index in [-0.39, 0.29) is 12.4 Å². The zero-order valence-electron chi connectivity index (χ0n) is 11.0. The van der Waals surface area contributed by atoms with Gasteiger partial charge < -0.3 is 9.47 Å². The van der Waals surface area contributed by atoms with Crippen LogP contribution in [0.1, 0.15) is 11.1 Å². The summed E-state index contributed by atoms with van der Waals surface area (Å²) < 4.78 is 10.2. The van der Waals surface area contributed by atoms with E-state index in [2.05, 4.69) is 9.72 Å². The summed E-state index contributed by atoms with van der Waals surface area (Å²) in [5.41, 5.74) is 1.82. The molecule has 2 aromatic rings. The third-order valence-corrected chi connectivity index (χ3v) is 2.92. The van der Waals surface area contributed by atoms with Gasteiger partial charge in [-0.05, 0) is 23.8 Å². The van der Waals surface area contributed by atoms with Crippen molar-refractivity contribution in [2.45, 2.75) is 13.0 Å². The molecule has 0 saturated heterocycles. The Morgan fingerprint density at radius 1 is 1.15 bits per heavy atom. The normalized spacial score (nSPS) is 10.1. The van der Waals surface area contributed by atoms with Gasteiger partial charge in [-0.15, -0.1) is 0 Å². The first kappa shape index (κ1) is 14.3. The molecule has 5 heteroatoms. The Morgan fingerprint density at radius 2 is 1.85 bits per heavy atom. The molecular weight excluding hydrogens is 278 g/mol. The molecule has 2 rings (SSSR count). The predicted octanol–water partition coefficient (Wildman–Crippen LogP) is 3.03. The van der Waals surface area contributed by atoms with Gasteiger partial charge in [-0.3, -0.25) is 4.79 Å². The topological polar surface area (TPSA) is 48.4 Å². The highest BCUT2D eigenvalue weighted by Gasteiger charge is 2.03. The molecule has 0 amide bonds. The van der Waals surface area contributed by atoms with Gasteiger partial charge in [0.1, 0.15) is 17.5 Å². The molecule has 1 heterocycles. The van der Waals surface area contributed by atoms with Gasteiger partial charge in [0.2, 0.25) is 0 Å². The molecule has 104 valence electrons. The van der Waals surface area contributed by atoms with E-state index in [1.807, 2.05) is 30.3 Å². The Kier molecular flexibility index (Phi) is 4.96. The Balaban J connectivity index is 1.90. The van der Waals surface area contributed by atoms with Gasteiger partial charge in [0.05, 0.1) is 13.5 Å². The molecule has 0 radical (unpaired) electrons. The van der Waals surface area contributed by atoms with Crippen molar-refractivity contribution >= 4 is 17.6 Å². The second-order valence-corrected chi connectivity index (χ2v) is 4.56. The highest BCUT2D eigenvalue weighted by molar-refractivity contribution is 6.29. The number of hydrogen-bond acceptors (Lipinski definition) is 4. The number of aromatic nitrogens is 1. The van der Waals surface area contributed by atoms with Gasteiger partial charge >= 0.3 is 5.97 Å². The van der Waals surface area contributed by atoms with Gasteiger partial charge in [-0.2, -0.15) is 0 Å². The molecule has 4 nitrogen and oxygen atoms in total. The first-order valence-corrected chi connectivity index (χ1v) is 6.44. The third kappa shape index (κ3) is 4.24. The quantitative estimate of drug-likeness (QED) is 0.627. The third-order valence-electron chi connectivity index (χ3n) is 2.69. The zero-order chi connectivity index (χ0) is 14.4. The Bertz CT molecular complexity index is 567. The monoisotopic (exact) mass is 291 g/mol. The second-order valence-electron chi connectivity index (χ2n) is 4.17. The summed E-state index contributed by atoms with van der Waals surface area (Å²) in [5, 5.41) is 0.459. The van der Waals surface area contributed by atoms with Crippen LogP contribution in [0.3, 0.4) is 0 Å². The molecule has 0 bridgehead atoms. The van der Waals surface area contributed by atoms with Crippen LogP contribution in [0.15, 0.2) is 42.6 Å². The average Bonchev–Trinajstić information content (AvgIpc) is 2.48. The molecule has 0 unspecified atom stereocenters. The fourth-order valence-electron chi connectivity index (χ4n) is 1.60. The maximum Gasteiger partial charge on any atom is 0.309 e. The summed E-state index contributed by atoms with van der Waals surface area (Å²) >= 11 is 5.71. The molecule has 0 aliphatic carbocycles. The Hall–Kier alpha value is -2.07. The van der Waals surface area contributed by atoms with Crippen molar-refractivity contribution in [3.63, 3.8) is 0 Å². The SMILES string of the molecule is COC(=O)Cc1ccc(OCc2ccc(Cl)nc2)cc1. The molecule has 1 aromatic heterocycles. The number of nitrogens with zero attached hydrogens (tertiary/aromatic N) is 1. The molecule has 0 aliphatic rings. The molecule has 0 atom stereocenters. The fraction of sp³-hybridized carbons (Fsp3) is 0.200. The van der Waals surface area contributed by atoms with Crippen molar-refractivity contribution in [1.29, 1.82) is 0 Å². The number of rotatable bonds is 5. The van der Waals surface area contributed by atoms with Crippen molar-refractivity contribution < 1.29 is 14.3 Å².